The third kappa shape index (κ3) is 25.3. The zero-order valence-corrected chi connectivity index (χ0v) is 22.9. The highest BCUT2D eigenvalue weighted by Crippen LogP contribution is 2.13. The van der Waals surface area contributed by atoms with E-state index >= 15 is 0 Å². The Balaban J connectivity index is 3.48. The van der Waals surface area contributed by atoms with E-state index in [0.717, 1.165) is 25.7 Å². The average Bonchev–Trinajstić information content (AvgIpc) is 2.82. The molecule has 0 spiro atoms. The van der Waals surface area contributed by atoms with E-state index in [0.29, 0.717) is 6.61 Å². The van der Waals surface area contributed by atoms with E-state index in [-0.39, 0.29) is 6.10 Å². The summed E-state index contributed by atoms with van der Waals surface area (Å²) in [6.45, 7) is 6.81. The van der Waals surface area contributed by atoms with Crippen molar-refractivity contribution in [2.75, 3.05) is 6.61 Å². The van der Waals surface area contributed by atoms with Gasteiger partial charge in [0, 0.05) is 12.2 Å². The number of hydrogen-bond acceptors (Lipinski definition) is 4. The van der Waals surface area contributed by atoms with Crippen LogP contribution in [0, 0.1) is 0 Å². The quantitative estimate of drug-likeness (QED) is 0.0742. The lowest BCUT2D eigenvalue weighted by Crippen LogP contribution is -2.13. The molecule has 0 aliphatic heterocycles. The number of esters is 2. The molecule has 0 amide bonds. The lowest BCUT2D eigenvalue weighted by atomic mass is 10.0. The van der Waals surface area contributed by atoms with Crippen LogP contribution >= 0.6 is 0 Å². The predicted octanol–water partition coefficient (Wildman–Crippen LogP) is 9.25. The standard InChI is InChI=1S/C30H56O4/c1-4-6-8-10-12-13-14-15-16-17-18-19-21-23-27-33-29(31)25-26-30(32)34-28(3)24-22-20-11-9-7-5-2/h25-26,28H,4-24,27H2,1-3H3/b26-25+. The second-order valence-electron chi connectivity index (χ2n) is 9.90. The van der Waals surface area contributed by atoms with Gasteiger partial charge >= 0.3 is 11.9 Å². The van der Waals surface area contributed by atoms with Crippen molar-refractivity contribution >= 4 is 11.9 Å². The van der Waals surface area contributed by atoms with Crippen LogP contribution in [-0.4, -0.2) is 24.6 Å². The van der Waals surface area contributed by atoms with E-state index in [2.05, 4.69) is 13.8 Å². The molecule has 0 fully saturated rings. The minimum absolute atomic E-state index is 0.116. The van der Waals surface area contributed by atoms with Crippen LogP contribution in [0.5, 0.6) is 0 Å². The molecule has 4 heteroatoms. The van der Waals surface area contributed by atoms with Crippen LogP contribution in [0.25, 0.3) is 0 Å². The molecule has 0 saturated carbocycles. The highest BCUT2D eigenvalue weighted by Gasteiger charge is 2.07. The van der Waals surface area contributed by atoms with Crippen LogP contribution in [0.1, 0.15) is 156 Å². The van der Waals surface area contributed by atoms with Crippen LogP contribution in [0.3, 0.4) is 0 Å². The van der Waals surface area contributed by atoms with Gasteiger partial charge in [-0.2, -0.15) is 0 Å². The van der Waals surface area contributed by atoms with Crippen molar-refractivity contribution in [1.29, 1.82) is 0 Å². The van der Waals surface area contributed by atoms with Crippen molar-refractivity contribution in [3.05, 3.63) is 12.2 Å². The van der Waals surface area contributed by atoms with Crippen molar-refractivity contribution < 1.29 is 19.1 Å². The van der Waals surface area contributed by atoms with E-state index in [1.807, 2.05) is 6.92 Å². The predicted molar refractivity (Wildman–Crippen MR) is 144 cm³/mol. The lowest BCUT2D eigenvalue weighted by Gasteiger charge is -2.11. The van der Waals surface area contributed by atoms with Gasteiger partial charge in [0.25, 0.3) is 0 Å². The molecule has 0 aliphatic rings. The molecule has 34 heavy (non-hydrogen) atoms. The third-order valence-corrected chi connectivity index (χ3v) is 6.38. The maximum atomic E-state index is 11.8. The fourth-order valence-corrected chi connectivity index (χ4v) is 4.16. The maximum Gasteiger partial charge on any atom is 0.331 e. The first-order chi connectivity index (χ1) is 16.6. The van der Waals surface area contributed by atoms with E-state index in [4.69, 9.17) is 9.47 Å². The van der Waals surface area contributed by atoms with Gasteiger partial charge < -0.3 is 9.47 Å². The van der Waals surface area contributed by atoms with Gasteiger partial charge in [-0.05, 0) is 26.2 Å². The Bertz CT molecular complexity index is 486. The molecular weight excluding hydrogens is 424 g/mol. The minimum Gasteiger partial charge on any atom is -0.463 e. The summed E-state index contributed by atoms with van der Waals surface area (Å²) < 4.78 is 10.5. The molecule has 0 aliphatic carbocycles. The molecular formula is C30H56O4. The highest BCUT2D eigenvalue weighted by molar-refractivity contribution is 5.91. The van der Waals surface area contributed by atoms with Crippen molar-refractivity contribution in [3.63, 3.8) is 0 Å². The topological polar surface area (TPSA) is 52.6 Å². The summed E-state index contributed by atoms with van der Waals surface area (Å²) in [4.78, 5) is 23.6. The summed E-state index contributed by atoms with van der Waals surface area (Å²) in [6, 6.07) is 0. The van der Waals surface area contributed by atoms with Gasteiger partial charge in [-0.15, -0.1) is 0 Å². The molecule has 0 N–H and O–H groups in total. The Morgan fingerprint density at radius 1 is 0.559 bits per heavy atom. The first-order valence-electron chi connectivity index (χ1n) is 14.7. The molecule has 200 valence electrons. The van der Waals surface area contributed by atoms with E-state index in [1.54, 1.807) is 0 Å². The molecule has 0 aromatic rings. The van der Waals surface area contributed by atoms with Gasteiger partial charge in [0.05, 0.1) is 12.7 Å². The first kappa shape index (κ1) is 32.7. The molecule has 0 aromatic carbocycles. The molecule has 0 radical (unpaired) electrons. The van der Waals surface area contributed by atoms with Crippen LogP contribution in [-0.2, 0) is 19.1 Å². The minimum atomic E-state index is -0.466. The number of unbranched alkanes of at least 4 members (excludes halogenated alkanes) is 18. The van der Waals surface area contributed by atoms with Crippen molar-refractivity contribution in [3.8, 4) is 0 Å². The summed E-state index contributed by atoms with van der Waals surface area (Å²) in [5.41, 5.74) is 0. The fraction of sp³-hybridized carbons (Fsp3) is 0.867. The zero-order chi connectivity index (χ0) is 25.1. The van der Waals surface area contributed by atoms with Crippen molar-refractivity contribution in [2.24, 2.45) is 0 Å². The second-order valence-corrected chi connectivity index (χ2v) is 9.90. The Morgan fingerprint density at radius 2 is 0.941 bits per heavy atom. The van der Waals surface area contributed by atoms with E-state index in [9.17, 15) is 9.59 Å². The Labute approximate surface area is 211 Å². The molecule has 0 bridgehead atoms. The zero-order valence-electron chi connectivity index (χ0n) is 22.9. The number of ether oxygens (including phenoxy) is 2. The van der Waals surface area contributed by atoms with Gasteiger partial charge in [0.2, 0.25) is 0 Å². The molecule has 4 nitrogen and oxygen atoms in total. The number of rotatable bonds is 25. The SMILES string of the molecule is CCCCCCCCCCCCCCCCOC(=O)/C=C/C(=O)OC(C)CCCCCCCC. The smallest absolute Gasteiger partial charge is 0.331 e. The van der Waals surface area contributed by atoms with E-state index in [1.165, 1.54) is 121 Å². The average molecular weight is 481 g/mol. The number of carbonyl (C=O) groups is 2. The van der Waals surface area contributed by atoms with Gasteiger partial charge in [0.15, 0.2) is 0 Å². The largest absolute Gasteiger partial charge is 0.463 e. The molecule has 1 atom stereocenters. The number of hydrogen-bond donors (Lipinski definition) is 0. The summed E-state index contributed by atoms with van der Waals surface area (Å²) in [5, 5.41) is 0. The van der Waals surface area contributed by atoms with Crippen LogP contribution in [0.4, 0.5) is 0 Å². The number of carbonyl (C=O) groups excluding carboxylic acids is 2. The van der Waals surface area contributed by atoms with Gasteiger partial charge in [-0.3, -0.25) is 0 Å². The fourth-order valence-electron chi connectivity index (χ4n) is 4.16. The summed E-state index contributed by atoms with van der Waals surface area (Å²) in [5.74, 6) is -0.929. The van der Waals surface area contributed by atoms with Crippen LogP contribution in [0.15, 0.2) is 12.2 Å². The van der Waals surface area contributed by atoms with Crippen LogP contribution < -0.4 is 0 Å². The lowest BCUT2D eigenvalue weighted by molar-refractivity contribution is -0.143. The second kappa shape index (κ2) is 26.3. The van der Waals surface area contributed by atoms with E-state index < -0.39 is 11.9 Å². The molecule has 0 saturated heterocycles. The molecule has 0 rings (SSSR count). The third-order valence-electron chi connectivity index (χ3n) is 6.38. The normalized spacial score (nSPS) is 12.2. The Hall–Kier alpha value is -1.32. The monoisotopic (exact) mass is 480 g/mol. The van der Waals surface area contributed by atoms with Gasteiger partial charge in [-0.1, -0.05) is 129 Å². The Kier molecular flexibility index (Phi) is 25.3. The first-order valence-corrected chi connectivity index (χ1v) is 14.7. The summed E-state index contributed by atoms with van der Waals surface area (Å²) in [7, 11) is 0. The maximum absolute atomic E-state index is 11.8. The highest BCUT2D eigenvalue weighted by atomic mass is 16.5. The van der Waals surface area contributed by atoms with Gasteiger partial charge in [0.1, 0.15) is 0 Å². The van der Waals surface area contributed by atoms with Crippen molar-refractivity contribution in [2.45, 2.75) is 162 Å². The summed E-state index contributed by atoms with van der Waals surface area (Å²) >= 11 is 0. The summed E-state index contributed by atoms with van der Waals surface area (Å²) in [6.07, 6.45) is 28.7. The van der Waals surface area contributed by atoms with Crippen molar-refractivity contribution in [1.82, 2.24) is 0 Å². The molecule has 0 heterocycles. The van der Waals surface area contributed by atoms with Gasteiger partial charge in [-0.25, -0.2) is 9.59 Å². The molecule has 1 unspecified atom stereocenters. The molecule has 0 aromatic heterocycles. The Morgan fingerprint density at radius 3 is 1.41 bits per heavy atom. The van der Waals surface area contributed by atoms with Crippen LogP contribution in [0.2, 0.25) is 0 Å².